The van der Waals surface area contributed by atoms with Gasteiger partial charge in [0.15, 0.2) is 0 Å². The van der Waals surface area contributed by atoms with Crippen LogP contribution < -0.4 is 5.73 Å². The highest BCUT2D eigenvalue weighted by Gasteiger charge is 2.25. The van der Waals surface area contributed by atoms with Gasteiger partial charge in [-0.25, -0.2) is 0 Å². The highest BCUT2D eigenvalue weighted by Crippen LogP contribution is 2.21. The molecule has 0 aromatic rings. The molecule has 0 amide bonds. The first-order chi connectivity index (χ1) is 5.63. The molecule has 0 bridgehead atoms. The number of nitrogens with two attached hydrogens (primary N) is 1. The van der Waals surface area contributed by atoms with Crippen LogP contribution in [0.25, 0.3) is 0 Å². The van der Waals surface area contributed by atoms with Crippen LogP contribution in [0.4, 0.5) is 0 Å². The second-order valence-electron chi connectivity index (χ2n) is 3.80. The SMILES string of the molecule is CN(C(N)=[N+](C)C)C1CCCC1. The topological polar surface area (TPSA) is 32.3 Å². The molecule has 1 aliphatic rings. The highest BCUT2D eigenvalue weighted by atomic mass is 15.3. The summed E-state index contributed by atoms with van der Waals surface area (Å²) in [6.45, 7) is 0. The van der Waals surface area contributed by atoms with Crippen LogP contribution in [0, 0.1) is 0 Å². The van der Waals surface area contributed by atoms with Crippen molar-refractivity contribution >= 4 is 5.96 Å². The number of hydrogen-bond donors (Lipinski definition) is 1. The summed E-state index contributed by atoms with van der Waals surface area (Å²) in [4.78, 5) is 2.20. The second-order valence-corrected chi connectivity index (χ2v) is 3.80. The highest BCUT2D eigenvalue weighted by molar-refractivity contribution is 5.72. The molecule has 0 aromatic heterocycles. The van der Waals surface area contributed by atoms with Gasteiger partial charge in [0.25, 0.3) is 0 Å². The smallest absolute Gasteiger partial charge is 0.291 e. The molecule has 0 atom stereocenters. The Balaban J connectivity index is 2.57. The maximum Gasteiger partial charge on any atom is 0.345 e. The molecule has 1 rings (SSSR count). The average Bonchev–Trinajstić information content (AvgIpc) is 2.53. The largest absolute Gasteiger partial charge is 0.345 e. The minimum absolute atomic E-state index is 0.674. The first kappa shape index (κ1) is 9.36. The van der Waals surface area contributed by atoms with E-state index in [4.69, 9.17) is 5.73 Å². The number of hydrogen-bond acceptors (Lipinski definition) is 0. The van der Waals surface area contributed by atoms with Crippen LogP contribution in [-0.4, -0.2) is 42.6 Å². The van der Waals surface area contributed by atoms with E-state index in [1.54, 1.807) is 0 Å². The molecule has 0 radical (unpaired) electrons. The molecular formula is C9H20N3+. The van der Waals surface area contributed by atoms with Gasteiger partial charge in [0.05, 0.1) is 27.2 Å². The summed E-state index contributed by atoms with van der Waals surface area (Å²) in [6, 6.07) is 0.674. The molecule has 0 unspecified atom stereocenters. The Bertz CT molecular complexity index is 176. The van der Waals surface area contributed by atoms with Crippen LogP contribution in [0.1, 0.15) is 25.7 Å². The van der Waals surface area contributed by atoms with Crippen molar-refractivity contribution in [3.05, 3.63) is 0 Å². The van der Waals surface area contributed by atoms with Crippen molar-refractivity contribution in [1.82, 2.24) is 4.90 Å². The molecule has 70 valence electrons. The Morgan fingerprint density at radius 3 is 2.25 bits per heavy atom. The minimum Gasteiger partial charge on any atom is -0.291 e. The molecule has 0 heterocycles. The Morgan fingerprint density at radius 2 is 1.83 bits per heavy atom. The van der Waals surface area contributed by atoms with Crippen LogP contribution >= 0.6 is 0 Å². The summed E-state index contributed by atoms with van der Waals surface area (Å²) < 4.78 is 1.97. The third kappa shape index (κ3) is 1.90. The molecule has 3 nitrogen and oxygen atoms in total. The average molecular weight is 170 g/mol. The minimum atomic E-state index is 0.674. The van der Waals surface area contributed by atoms with Crippen LogP contribution in [-0.2, 0) is 0 Å². The van der Waals surface area contributed by atoms with Gasteiger partial charge in [-0.15, -0.1) is 0 Å². The van der Waals surface area contributed by atoms with Gasteiger partial charge in [-0.2, -0.15) is 0 Å². The summed E-state index contributed by atoms with van der Waals surface area (Å²) in [5.41, 5.74) is 5.91. The molecule has 1 saturated carbocycles. The zero-order valence-electron chi connectivity index (χ0n) is 8.38. The van der Waals surface area contributed by atoms with Gasteiger partial charge in [-0.1, -0.05) is 0 Å². The summed E-state index contributed by atoms with van der Waals surface area (Å²) in [5.74, 6) is 0.877. The second kappa shape index (κ2) is 3.78. The number of nitrogens with zero attached hydrogens (tertiary/aromatic N) is 2. The molecule has 12 heavy (non-hydrogen) atoms. The quantitative estimate of drug-likeness (QED) is 0.352. The standard InChI is InChI=1S/C9H19N3/c1-11(2)9(10)12(3)8-6-4-5-7-8/h8,10H,4-7H2,1-3H3/p+1. The molecule has 1 aliphatic carbocycles. The van der Waals surface area contributed by atoms with E-state index in [9.17, 15) is 0 Å². The lowest BCUT2D eigenvalue weighted by Crippen LogP contribution is -2.44. The van der Waals surface area contributed by atoms with E-state index < -0.39 is 0 Å². The lowest BCUT2D eigenvalue weighted by molar-refractivity contribution is -0.471. The van der Waals surface area contributed by atoms with Gasteiger partial charge >= 0.3 is 5.96 Å². The first-order valence-corrected chi connectivity index (χ1v) is 4.65. The number of guanidine groups is 1. The van der Waals surface area contributed by atoms with E-state index >= 15 is 0 Å². The van der Waals surface area contributed by atoms with E-state index in [2.05, 4.69) is 11.9 Å². The van der Waals surface area contributed by atoms with Crippen molar-refractivity contribution in [1.29, 1.82) is 0 Å². The zero-order chi connectivity index (χ0) is 9.14. The van der Waals surface area contributed by atoms with Crippen molar-refractivity contribution in [3.63, 3.8) is 0 Å². The summed E-state index contributed by atoms with van der Waals surface area (Å²) >= 11 is 0. The van der Waals surface area contributed by atoms with Gasteiger partial charge in [0.2, 0.25) is 0 Å². The molecule has 2 N–H and O–H groups in total. The van der Waals surface area contributed by atoms with E-state index in [1.807, 2.05) is 18.7 Å². The Labute approximate surface area is 74.9 Å². The van der Waals surface area contributed by atoms with Crippen molar-refractivity contribution in [2.24, 2.45) is 5.73 Å². The van der Waals surface area contributed by atoms with Crippen LogP contribution in [0.15, 0.2) is 0 Å². The van der Waals surface area contributed by atoms with Gasteiger partial charge in [-0.05, 0) is 25.7 Å². The Kier molecular flexibility index (Phi) is 2.95. The fourth-order valence-electron chi connectivity index (χ4n) is 1.79. The third-order valence-electron chi connectivity index (χ3n) is 2.69. The molecule has 0 aliphatic heterocycles. The summed E-state index contributed by atoms with van der Waals surface area (Å²) in [6.07, 6.45) is 5.31. The molecule has 0 spiro atoms. The van der Waals surface area contributed by atoms with Crippen molar-refractivity contribution < 1.29 is 4.58 Å². The molecule has 1 fully saturated rings. The van der Waals surface area contributed by atoms with E-state index in [-0.39, 0.29) is 0 Å². The lowest BCUT2D eigenvalue weighted by atomic mass is 10.2. The predicted octanol–water partition coefficient (Wildman–Crippen LogP) is 0.448. The molecule has 0 saturated heterocycles. The fourth-order valence-corrected chi connectivity index (χ4v) is 1.79. The normalized spacial score (nSPS) is 17.9. The van der Waals surface area contributed by atoms with Crippen LogP contribution in [0.5, 0.6) is 0 Å². The summed E-state index contributed by atoms with van der Waals surface area (Å²) in [5, 5.41) is 0. The summed E-state index contributed by atoms with van der Waals surface area (Å²) in [7, 11) is 6.06. The fraction of sp³-hybridized carbons (Fsp3) is 0.889. The predicted molar refractivity (Wildman–Crippen MR) is 51.3 cm³/mol. The van der Waals surface area contributed by atoms with E-state index in [0.717, 1.165) is 5.96 Å². The van der Waals surface area contributed by atoms with Crippen LogP contribution in [0.2, 0.25) is 0 Å². The Hall–Kier alpha value is -0.730. The lowest BCUT2D eigenvalue weighted by Gasteiger charge is -2.19. The van der Waals surface area contributed by atoms with E-state index in [1.165, 1.54) is 25.7 Å². The first-order valence-electron chi connectivity index (χ1n) is 4.65. The van der Waals surface area contributed by atoms with Gasteiger partial charge < -0.3 is 0 Å². The van der Waals surface area contributed by atoms with Gasteiger partial charge in [0.1, 0.15) is 0 Å². The molecule has 3 heteroatoms. The number of rotatable bonds is 1. The van der Waals surface area contributed by atoms with Gasteiger partial charge in [-0.3, -0.25) is 15.2 Å². The molecule has 0 aromatic carbocycles. The van der Waals surface area contributed by atoms with Crippen LogP contribution in [0.3, 0.4) is 0 Å². The van der Waals surface area contributed by atoms with Crippen molar-refractivity contribution in [2.75, 3.05) is 21.1 Å². The third-order valence-corrected chi connectivity index (χ3v) is 2.69. The monoisotopic (exact) mass is 170 g/mol. The van der Waals surface area contributed by atoms with E-state index in [0.29, 0.717) is 6.04 Å². The maximum atomic E-state index is 5.91. The maximum absolute atomic E-state index is 5.91. The van der Waals surface area contributed by atoms with Crippen molar-refractivity contribution in [2.45, 2.75) is 31.7 Å². The van der Waals surface area contributed by atoms with Crippen molar-refractivity contribution in [3.8, 4) is 0 Å². The van der Waals surface area contributed by atoms with Gasteiger partial charge in [0, 0.05) is 0 Å². The Morgan fingerprint density at radius 1 is 1.33 bits per heavy atom. The zero-order valence-corrected chi connectivity index (χ0v) is 8.38. The molecular weight excluding hydrogens is 150 g/mol.